The molecule has 1 aliphatic carbocycles. The summed E-state index contributed by atoms with van der Waals surface area (Å²) in [6.45, 7) is 0. The van der Waals surface area contributed by atoms with E-state index in [1.54, 1.807) is 18.2 Å². The summed E-state index contributed by atoms with van der Waals surface area (Å²) in [5.41, 5.74) is -4.13. The van der Waals surface area contributed by atoms with Crippen molar-refractivity contribution >= 4 is 11.6 Å². The molecule has 1 amide bonds. The summed E-state index contributed by atoms with van der Waals surface area (Å²) < 4.78 is 94.6. The molecule has 1 aliphatic rings. The molecule has 12 heteroatoms. The second-order valence-electron chi connectivity index (χ2n) is 7.98. The van der Waals surface area contributed by atoms with Gasteiger partial charge in [0.25, 0.3) is 0 Å². The summed E-state index contributed by atoms with van der Waals surface area (Å²) in [5, 5.41) is 6.13. The number of nitrogens with zero attached hydrogens (tertiary/aromatic N) is 1. The Labute approximate surface area is 194 Å². The average molecular weight is 500 g/mol. The van der Waals surface area contributed by atoms with E-state index in [9.17, 15) is 31.1 Å². The van der Waals surface area contributed by atoms with E-state index in [1.807, 2.05) is 0 Å². The quantitative estimate of drug-likeness (QED) is 0.416. The molecule has 1 N–H and O–H groups in total. The fourth-order valence-electron chi connectivity index (χ4n) is 3.63. The lowest BCUT2D eigenvalue weighted by atomic mass is 9.99. The Morgan fingerprint density at radius 3 is 2.03 bits per heavy atom. The van der Waals surface area contributed by atoms with Crippen LogP contribution >= 0.6 is 0 Å². The van der Waals surface area contributed by atoms with Gasteiger partial charge in [-0.05, 0) is 49.2 Å². The van der Waals surface area contributed by atoms with Crippen LogP contribution in [-0.4, -0.2) is 25.3 Å². The summed E-state index contributed by atoms with van der Waals surface area (Å²) in [6, 6.07) is 7.36. The highest BCUT2D eigenvalue weighted by atomic mass is 19.4. The molecule has 186 valence electrons. The first-order chi connectivity index (χ1) is 16.4. The fourth-order valence-corrected chi connectivity index (χ4v) is 3.63. The smallest absolute Gasteiger partial charge is 0.416 e. The third-order valence-electron chi connectivity index (χ3n) is 5.70. The van der Waals surface area contributed by atoms with Gasteiger partial charge in [-0.25, -0.2) is 0 Å². The number of amides is 1. The molecule has 1 heterocycles. The van der Waals surface area contributed by atoms with Gasteiger partial charge in [0.15, 0.2) is 17.3 Å². The number of methoxy groups -OCH3 is 2. The number of carbonyl (C=O) groups excluding carboxylic acids is 1. The molecule has 0 saturated heterocycles. The number of hydrogen-bond acceptors (Lipinski definition) is 5. The standard InChI is InChI=1S/C23H18F6N2O4/c1-33-16-4-3-12(7-18(16)34-2)17-11-19(31-35-17)21(5-6-21)20(32)30-15-9-13(22(24,25)26)8-14(10-15)23(27,28)29/h3-4,7-11H,5-6H2,1-2H3,(H,30,32). The minimum Gasteiger partial charge on any atom is -0.493 e. The maximum absolute atomic E-state index is 13.1. The highest BCUT2D eigenvalue weighted by Gasteiger charge is 2.54. The van der Waals surface area contributed by atoms with Crippen LogP contribution in [0.4, 0.5) is 32.0 Å². The van der Waals surface area contributed by atoms with Gasteiger partial charge in [-0.3, -0.25) is 4.79 Å². The lowest BCUT2D eigenvalue weighted by molar-refractivity contribution is -0.143. The minimum absolute atomic E-state index is 0.00438. The molecule has 0 unspecified atom stereocenters. The van der Waals surface area contributed by atoms with Crippen molar-refractivity contribution < 1.29 is 45.1 Å². The Balaban J connectivity index is 1.61. The molecule has 1 saturated carbocycles. The van der Waals surface area contributed by atoms with Crippen molar-refractivity contribution in [2.45, 2.75) is 30.6 Å². The summed E-state index contributed by atoms with van der Waals surface area (Å²) in [7, 11) is 2.93. The maximum Gasteiger partial charge on any atom is 0.416 e. The number of hydrogen-bond donors (Lipinski definition) is 1. The van der Waals surface area contributed by atoms with Crippen molar-refractivity contribution in [2.75, 3.05) is 19.5 Å². The second-order valence-corrected chi connectivity index (χ2v) is 7.98. The molecule has 4 rings (SSSR count). The number of aromatic nitrogens is 1. The van der Waals surface area contributed by atoms with Crippen LogP contribution < -0.4 is 14.8 Å². The molecule has 1 fully saturated rings. The van der Waals surface area contributed by atoms with Crippen molar-refractivity contribution in [3.63, 3.8) is 0 Å². The number of carbonyl (C=O) groups is 1. The number of ether oxygens (including phenoxy) is 2. The summed E-state index contributed by atoms with van der Waals surface area (Å²) in [5.74, 6) is 0.413. The van der Waals surface area contributed by atoms with Crippen LogP contribution in [0.1, 0.15) is 29.7 Å². The van der Waals surface area contributed by atoms with Crippen LogP contribution in [0.5, 0.6) is 11.5 Å². The minimum atomic E-state index is -5.03. The molecular weight excluding hydrogens is 482 g/mol. The van der Waals surface area contributed by atoms with Crippen LogP contribution in [0.15, 0.2) is 47.0 Å². The van der Waals surface area contributed by atoms with E-state index in [0.29, 0.717) is 47.8 Å². The third kappa shape index (κ3) is 4.77. The van der Waals surface area contributed by atoms with Gasteiger partial charge in [0.05, 0.1) is 36.5 Å². The Bertz CT molecular complexity index is 1230. The van der Waals surface area contributed by atoms with Gasteiger partial charge in [0.1, 0.15) is 0 Å². The van der Waals surface area contributed by atoms with Gasteiger partial charge in [0, 0.05) is 17.3 Å². The SMILES string of the molecule is COc1ccc(-c2cc(C3(C(=O)Nc4cc(C(F)(F)F)cc(C(F)(F)F)c4)CC3)no2)cc1OC. The number of halogens is 6. The highest BCUT2D eigenvalue weighted by molar-refractivity contribution is 6.01. The average Bonchev–Trinajstić information content (AvgIpc) is 3.47. The first-order valence-electron chi connectivity index (χ1n) is 10.2. The maximum atomic E-state index is 13.1. The van der Waals surface area contributed by atoms with E-state index in [2.05, 4.69) is 10.5 Å². The molecule has 0 radical (unpaired) electrons. The van der Waals surface area contributed by atoms with Gasteiger partial charge < -0.3 is 19.3 Å². The molecule has 0 spiro atoms. The normalized spacial score (nSPS) is 15.0. The first-order valence-corrected chi connectivity index (χ1v) is 10.2. The Kier molecular flexibility index (Phi) is 5.94. The number of alkyl halides is 6. The lowest BCUT2D eigenvalue weighted by Crippen LogP contribution is -2.28. The Hall–Kier alpha value is -3.70. The van der Waals surface area contributed by atoms with E-state index in [-0.39, 0.29) is 11.8 Å². The Morgan fingerprint density at radius 2 is 1.51 bits per heavy atom. The molecule has 3 aromatic rings. The van der Waals surface area contributed by atoms with E-state index in [0.717, 1.165) is 0 Å². The zero-order valence-corrected chi connectivity index (χ0v) is 18.3. The monoisotopic (exact) mass is 500 g/mol. The molecule has 0 atom stereocenters. The van der Waals surface area contributed by atoms with Gasteiger partial charge in [-0.2, -0.15) is 26.3 Å². The van der Waals surface area contributed by atoms with Crippen molar-refractivity contribution in [3.05, 3.63) is 59.3 Å². The van der Waals surface area contributed by atoms with Crippen molar-refractivity contribution in [2.24, 2.45) is 0 Å². The number of anilines is 1. The lowest BCUT2D eigenvalue weighted by Gasteiger charge is -2.17. The summed E-state index contributed by atoms with van der Waals surface area (Å²) in [4.78, 5) is 13.0. The zero-order chi connectivity index (χ0) is 25.6. The van der Waals surface area contributed by atoms with Gasteiger partial charge in [0.2, 0.25) is 5.91 Å². The van der Waals surface area contributed by atoms with E-state index >= 15 is 0 Å². The predicted molar refractivity (Wildman–Crippen MR) is 111 cm³/mol. The zero-order valence-electron chi connectivity index (χ0n) is 18.3. The van der Waals surface area contributed by atoms with Crippen molar-refractivity contribution in [3.8, 4) is 22.8 Å². The molecule has 35 heavy (non-hydrogen) atoms. The van der Waals surface area contributed by atoms with Gasteiger partial charge in [-0.1, -0.05) is 5.16 Å². The van der Waals surface area contributed by atoms with Crippen LogP contribution in [0.3, 0.4) is 0 Å². The molecular formula is C23H18F6N2O4. The summed E-state index contributed by atoms with van der Waals surface area (Å²) >= 11 is 0. The molecule has 0 bridgehead atoms. The molecule has 1 aromatic heterocycles. The summed E-state index contributed by atoms with van der Waals surface area (Å²) in [6.07, 6.45) is -9.47. The third-order valence-corrected chi connectivity index (χ3v) is 5.70. The first kappa shape index (κ1) is 24.4. The van der Waals surface area contributed by atoms with Crippen LogP contribution in [0.25, 0.3) is 11.3 Å². The van der Waals surface area contributed by atoms with Crippen LogP contribution in [0.2, 0.25) is 0 Å². The Morgan fingerprint density at radius 1 is 0.914 bits per heavy atom. The van der Waals surface area contributed by atoms with Crippen LogP contribution in [-0.2, 0) is 22.6 Å². The fraction of sp³-hybridized carbons (Fsp3) is 0.304. The molecule has 6 nitrogen and oxygen atoms in total. The molecule has 0 aliphatic heterocycles. The van der Waals surface area contributed by atoms with Crippen molar-refractivity contribution in [1.82, 2.24) is 5.16 Å². The van der Waals surface area contributed by atoms with Gasteiger partial charge >= 0.3 is 12.4 Å². The van der Waals surface area contributed by atoms with E-state index < -0.39 is 40.5 Å². The van der Waals surface area contributed by atoms with E-state index in [4.69, 9.17) is 14.0 Å². The van der Waals surface area contributed by atoms with E-state index in [1.165, 1.54) is 20.3 Å². The largest absolute Gasteiger partial charge is 0.493 e. The predicted octanol–water partition coefficient (Wildman–Crippen LogP) is 6.07. The number of nitrogens with one attached hydrogen (secondary N) is 1. The number of benzene rings is 2. The molecule has 2 aromatic carbocycles. The number of rotatable bonds is 6. The second kappa shape index (κ2) is 8.51. The topological polar surface area (TPSA) is 73.6 Å². The van der Waals surface area contributed by atoms with Crippen molar-refractivity contribution in [1.29, 1.82) is 0 Å². The van der Waals surface area contributed by atoms with Crippen LogP contribution in [0, 0.1) is 0 Å². The van der Waals surface area contributed by atoms with Gasteiger partial charge in [-0.15, -0.1) is 0 Å². The highest BCUT2D eigenvalue weighted by Crippen LogP contribution is 2.49.